The van der Waals surface area contributed by atoms with Crippen LogP contribution in [0.5, 0.6) is 0 Å². The van der Waals surface area contributed by atoms with Crippen LogP contribution >= 0.6 is 23.1 Å². The highest BCUT2D eigenvalue weighted by Crippen LogP contribution is 2.44. The van der Waals surface area contributed by atoms with Crippen molar-refractivity contribution in [3.8, 4) is 22.3 Å². The van der Waals surface area contributed by atoms with Crippen LogP contribution in [0.25, 0.3) is 22.3 Å². The molecule has 3 aromatic rings. The molecule has 0 aliphatic heterocycles. The lowest BCUT2D eigenvalue weighted by Crippen LogP contribution is -2.00. The molecule has 1 aromatic heterocycles. The zero-order chi connectivity index (χ0) is 19.6. The van der Waals surface area contributed by atoms with E-state index in [1.165, 1.54) is 31.4 Å². The second kappa shape index (κ2) is 7.94. The summed E-state index contributed by atoms with van der Waals surface area (Å²) in [6, 6.07) is 13.0. The van der Waals surface area contributed by atoms with Gasteiger partial charge >= 0.3 is 11.9 Å². The van der Waals surface area contributed by atoms with Crippen LogP contribution in [0.1, 0.15) is 19.3 Å². The first kappa shape index (κ1) is 19.1. The monoisotopic (exact) mass is 402 g/mol. The van der Waals surface area contributed by atoms with Crippen molar-refractivity contribution in [2.24, 2.45) is 0 Å². The van der Waals surface area contributed by atoms with Crippen molar-refractivity contribution in [2.75, 3.05) is 13.4 Å². The average Bonchev–Trinajstić information content (AvgIpc) is 3.09. The molecule has 3 rings (SSSR count). The smallest absolute Gasteiger partial charge is 0.348 e. The summed E-state index contributed by atoms with van der Waals surface area (Å²) in [6.07, 6.45) is 1.95. The van der Waals surface area contributed by atoms with E-state index < -0.39 is 17.8 Å². The number of hydrogen-bond acceptors (Lipinski definition) is 5. The number of carboxylic acid groups (broad SMARTS) is 1. The van der Waals surface area contributed by atoms with E-state index in [2.05, 4.69) is 0 Å². The van der Waals surface area contributed by atoms with Crippen molar-refractivity contribution >= 4 is 35.0 Å². The molecule has 0 saturated heterocycles. The molecular formula is C20H15FO4S2. The fraction of sp³-hybridized carbons (Fsp3) is 0.100. The van der Waals surface area contributed by atoms with Crippen LogP contribution in [0.4, 0.5) is 4.39 Å². The predicted octanol–water partition coefficient (Wildman–Crippen LogP) is 5.43. The number of esters is 1. The van der Waals surface area contributed by atoms with Crippen molar-refractivity contribution in [2.45, 2.75) is 4.90 Å². The fourth-order valence-electron chi connectivity index (χ4n) is 2.74. The number of carbonyl (C=O) groups excluding carboxylic acids is 1. The van der Waals surface area contributed by atoms with Crippen LogP contribution in [-0.2, 0) is 4.74 Å². The quantitative estimate of drug-likeness (QED) is 0.456. The molecule has 0 atom stereocenters. The number of ether oxygens (including phenoxy) is 1. The zero-order valence-electron chi connectivity index (χ0n) is 14.5. The summed E-state index contributed by atoms with van der Waals surface area (Å²) in [6.45, 7) is 0. The topological polar surface area (TPSA) is 63.6 Å². The van der Waals surface area contributed by atoms with E-state index in [0.717, 1.165) is 16.2 Å². The maximum Gasteiger partial charge on any atom is 0.348 e. The van der Waals surface area contributed by atoms with Gasteiger partial charge in [-0.2, -0.15) is 0 Å². The molecule has 0 fully saturated rings. The molecule has 1 N–H and O–H groups in total. The highest BCUT2D eigenvalue weighted by atomic mass is 32.2. The first-order valence-electron chi connectivity index (χ1n) is 7.85. The van der Waals surface area contributed by atoms with Crippen LogP contribution in [0.15, 0.2) is 53.4 Å². The van der Waals surface area contributed by atoms with Crippen molar-refractivity contribution in [1.29, 1.82) is 0 Å². The standard InChI is InChI=1S/C20H15FO4S2/c1-25-20(24)18-16(12-5-9-14(26-2)10-6-12)15(17(27-18)19(22)23)11-3-7-13(21)8-4-11/h3-10H,1-2H3,(H,22,23). The molecule has 138 valence electrons. The second-order valence-corrected chi connectivity index (χ2v) is 7.44. The molecule has 27 heavy (non-hydrogen) atoms. The Morgan fingerprint density at radius 2 is 1.48 bits per heavy atom. The Morgan fingerprint density at radius 1 is 0.963 bits per heavy atom. The predicted molar refractivity (Wildman–Crippen MR) is 105 cm³/mol. The largest absolute Gasteiger partial charge is 0.477 e. The van der Waals surface area contributed by atoms with Gasteiger partial charge in [-0.3, -0.25) is 0 Å². The molecular weight excluding hydrogens is 387 g/mol. The summed E-state index contributed by atoms with van der Waals surface area (Å²) in [5.74, 6) is -2.19. The molecule has 0 bridgehead atoms. The van der Waals surface area contributed by atoms with Gasteiger partial charge in [-0.1, -0.05) is 24.3 Å². The third-order valence-corrected chi connectivity index (χ3v) is 5.89. The van der Waals surface area contributed by atoms with Crippen molar-refractivity contribution < 1.29 is 23.8 Å². The van der Waals surface area contributed by atoms with E-state index in [1.54, 1.807) is 11.8 Å². The highest BCUT2D eigenvalue weighted by Gasteiger charge is 2.28. The second-order valence-electron chi connectivity index (χ2n) is 5.54. The van der Waals surface area contributed by atoms with Gasteiger partial charge in [0.05, 0.1) is 7.11 Å². The Balaban J connectivity index is 2.34. The maximum absolute atomic E-state index is 13.4. The van der Waals surface area contributed by atoms with E-state index in [0.29, 0.717) is 22.3 Å². The number of hydrogen-bond donors (Lipinski definition) is 1. The van der Waals surface area contributed by atoms with Gasteiger partial charge in [-0.05, 0) is 41.6 Å². The average molecular weight is 402 g/mol. The number of halogens is 1. The number of carbonyl (C=O) groups is 2. The van der Waals surface area contributed by atoms with Crippen LogP contribution in [0.3, 0.4) is 0 Å². The van der Waals surface area contributed by atoms with Gasteiger partial charge in [0.25, 0.3) is 0 Å². The van der Waals surface area contributed by atoms with Gasteiger partial charge < -0.3 is 9.84 Å². The van der Waals surface area contributed by atoms with E-state index in [4.69, 9.17) is 4.74 Å². The minimum absolute atomic E-state index is 0.00551. The SMILES string of the molecule is COC(=O)c1sc(C(=O)O)c(-c2ccc(F)cc2)c1-c1ccc(SC)cc1. The first-order valence-corrected chi connectivity index (χ1v) is 9.89. The van der Waals surface area contributed by atoms with Gasteiger partial charge in [-0.25, -0.2) is 14.0 Å². The van der Waals surface area contributed by atoms with Crippen LogP contribution < -0.4 is 0 Å². The molecule has 0 aliphatic carbocycles. The van der Waals surface area contributed by atoms with E-state index in [-0.39, 0.29) is 9.75 Å². The van der Waals surface area contributed by atoms with Crippen molar-refractivity contribution in [3.63, 3.8) is 0 Å². The summed E-state index contributed by atoms with van der Waals surface area (Å²) in [5.41, 5.74) is 2.06. The summed E-state index contributed by atoms with van der Waals surface area (Å²) in [5, 5.41) is 9.68. The van der Waals surface area contributed by atoms with Gasteiger partial charge in [-0.15, -0.1) is 23.1 Å². The lowest BCUT2D eigenvalue weighted by molar-refractivity contribution is 0.0606. The molecule has 0 radical (unpaired) electrons. The number of benzene rings is 2. The van der Waals surface area contributed by atoms with E-state index >= 15 is 0 Å². The minimum Gasteiger partial charge on any atom is -0.477 e. The fourth-order valence-corrected chi connectivity index (χ4v) is 4.25. The Morgan fingerprint density at radius 3 is 1.96 bits per heavy atom. The summed E-state index contributed by atoms with van der Waals surface area (Å²) in [7, 11) is 1.25. The van der Waals surface area contributed by atoms with Gasteiger partial charge in [0.15, 0.2) is 0 Å². The number of rotatable bonds is 5. The molecule has 0 saturated carbocycles. The number of thiophene rings is 1. The lowest BCUT2D eigenvalue weighted by atomic mass is 9.94. The Hall–Kier alpha value is -2.64. The molecule has 0 aliphatic rings. The molecule has 4 nitrogen and oxygen atoms in total. The number of aromatic carboxylic acids is 1. The third-order valence-electron chi connectivity index (χ3n) is 3.98. The maximum atomic E-state index is 13.4. The number of carboxylic acids is 1. The number of methoxy groups -OCH3 is 1. The van der Waals surface area contributed by atoms with Crippen LogP contribution in [-0.4, -0.2) is 30.4 Å². The van der Waals surface area contributed by atoms with Crippen molar-refractivity contribution in [1.82, 2.24) is 0 Å². The van der Waals surface area contributed by atoms with E-state index in [9.17, 15) is 19.1 Å². The van der Waals surface area contributed by atoms with Crippen molar-refractivity contribution in [3.05, 3.63) is 64.1 Å². The van der Waals surface area contributed by atoms with Gasteiger partial charge in [0.2, 0.25) is 0 Å². The first-order chi connectivity index (χ1) is 13.0. The zero-order valence-corrected chi connectivity index (χ0v) is 16.1. The molecule has 1 heterocycles. The highest BCUT2D eigenvalue weighted by molar-refractivity contribution is 7.98. The summed E-state index contributed by atoms with van der Waals surface area (Å²) >= 11 is 2.43. The third kappa shape index (κ3) is 3.74. The Labute approximate surface area is 163 Å². The van der Waals surface area contributed by atoms with E-state index in [1.807, 2.05) is 30.5 Å². The van der Waals surface area contributed by atoms with Crippen LogP contribution in [0.2, 0.25) is 0 Å². The van der Waals surface area contributed by atoms with Gasteiger partial charge in [0.1, 0.15) is 15.6 Å². The van der Waals surface area contributed by atoms with Crippen LogP contribution in [0, 0.1) is 5.82 Å². The molecule has 2 aromatic carbocycles. The normalized spacial score (nSPS) is 10.6. The molecule has 0 unspecified atom stereocenters. The molecule has 7 heteroatoms. The lowest BCUT2D eigenvalue weighted by Gasteiger charge is -2.09. The minimum atomic E-state index is -1.16. The summed E-state index contributed by atoms with van der Waals surface area (Å²) < 4.78 is 18.2. The Bertz CT molecular complexity index is 992. The Kier molecular flexibility index (Phi) is 5.62. The summed E-state index contributed by atoms with van der Waals surface area (Å²) in [4.78, 5) is 25.4. The van der Waals surface area contributed by atoms with Gasteiger partial charge in [0, 0.05) is 16.0 Å². The molecule has 0 amide bonds. The molecule has 0 spiro atoms. The number of thioether (sulfide) groups is 1.